The van der Waals surface area contributed by atoms with Gasteiger partial charge in [-0.2, -0.15) is 0 Å². The number of fused-ring (bicyclic) bond motifs is 1. The Balaban J connectivity index is 1.61. The lowest BCUT2D eigenvalue weighted by atomic mass is 10.1. The van der Waals surface area contributed by atoms with Gasteiger partial charge >= 0.3 is 0 Å². The molecule has 0 aliphatic heterocycles. The van der Waals surface area contributed by atoms with E-state index in [4.69, 9.17) is 0 Å². The van der Waals surface area contributed by atoms with E-state index in [-0.39, 0.29) is 5.91 Å². The summed E-state index contributed by atoms with van der Waals surface area (Å²) in [5.41, 5.74) is 3.61. The molecular weight excluding hydrogens is 248 g/mol. The van der Waals surface area contributed by atoms with Crippen LogP contribution in [-0.4, -0.2) is 37.5 Å². The fourth-order valence-electron chi connectivity index (χ4n) is 3.26. The molecule has 3 nitrogen and oxygen atoms in total. The number of amides is 1. The van der Waals surface area contributed by atoms with Crippen LogP contribution < -0.4 is 5.32 Å². The van der Waals surface area contributed by atoms with E-state index >= 15 is 0 Å². The van der Waals surface area contributed by atoms with Gasteiger partial charge in [-0.3, -0.25) is 4.79 Å². The second-order valence-electron chi connectivity index (χ2n) is 6.42. The second kappa shape index (κ2) is 5.57. The van der Waals surface area contributed by atoms with Crippen LogP contribution in [0.2, 0.25) is 0 Å². The van der Waals surface area contributed by atoms with Crippen molar-refractivity contribution in [2.24, 2.45) is 5.92 Å². The first-order valence-electron chi connectivity index (χ1n) is 7.71. The Morgan fingerprint density at radius 1 is 1.30 bits per heavy atom. The summed E-state index contributed by atoms with van der Waals surface area (Å²) in [5, 5.41) is 3.11. The van der Waals surface area contributed by atoms with Crippen LogP contribution >= 0.6 is 0 Å². The van der Waals surface area contributed by atoms with E-state index in [0.29, 0.717) is 6.04 Å². The lowest BCUT2D eigenvalue weighted by Crippen LogP contribution is -2.41. The number of hydrogen-bond acceptors (Lipinski definition) is 2. The van der Waals surface area contributed by atoms with Crippen LogP contribution in [-0.2, 0) is 12.8 Å². The monoisotopic (exact) mass is 272 g/mol. The highest BCUT2D eigenvalue weighted by molar-refractivity contribution is 5.94. The molecule has 0 aromatic heterocycles. The molecule has 20 heavy (non-hydrogen) atoms. The number of nitrogens with one attached hydrogen (secondary N) is 1. The van der Waals surface area contributed by atoms with Gasteiger partial charge < -0.3 is 10.2 Å². The van der Waals surface area contributed by atoms with Gasteiger partial charge in [-0.05, 0) is 75.4 Å². The maximum Gasteiger partial charge on any atom is 0.251 e. The van der Waals surface area contributed by atoms with Crippen molar-refractivity contribution in [1.29, 1.82) is 0 Å². The van der Waals surface area contributed by atoms with Crippen molar-refractivity contribution in [3.8, 4) is 0 Å². The summed E-state index contributed by atoms with van der Waals surface area (Å²) < 4.78 is 0. The smallest absolute Gasteiger partial charge is 0.251 e. The summed E-state index contributed by atoms with van der Waals surface area (Å²) in [6.45, 7) is 0.758. The minimum Gasteiger partial charge on any atom is -0.350 e. The third kappa shape index (κ3) is 2.88. The Labute approximate surface area is 121 Å². The van der Waals surface area contributed by atoms with Crippen LogP contribution in [0, 0.1) is 5.92 Å². The summed E-state index contributed by atoms with van der Waals surface area (Å²) >= 11 is 0. The van der Waals surface area contributed by atoms with E-state index in [1.54, 1.807) is 0 Å². The summed E-state index contributed by atoms with van der Waals surface area (Å²) in [5.74, 6) is 0.845. The van der Waals surface area contributed by atoms with Gasteiger partial charge in [-0.1, -0.05) is 6.07 Å². The molecule has 0 saturated heterocycles. The number of likely N-dealkylation sites (N-methyl/N-ethyl adjacent to an activating group) is 1. The van der Waals surface area contributed by atoms with Gasteiger partial charge in [0.1, 0.15) is 0 Å². The van der Waals surface area contributed by atoms with E-state index in [1.165, 1.54) is 36.8 Å². The first-order valence-corrected chi connectivity index (χ1v) is 7.71. The first-order chi connectivity index (χ1) is 9.65. The van der Waals surface area contributed by atoms with Gasteiger partial charge in [0.2, 0.25) is 0 Å². The van der Waals surface area contributed by atoms with E-state index in [1.807, 2.05) is 6.07 Å². The number of hydrogen-bond donors (Lipinski definition) is 1. The summed E-state index contributed by atoms with van der Waals surface area (Å²) in [6, 6.07) is 6.66. The number of carbonyl (C=O) groups excluding carboxylic acids is 1. The van der Waals surface area contributed by atoms with Gasteiger partial charge in [0, 0.05) is 18.2 Å². The van der Waals surface area contributed by atoms with E-state index in [2.05, 4.69) is 36.4 Å². The maximum absolute atomic E-state index is 12.3. The van der Waals surface area contributed by atoms with Crippen molar-refractivity contribution in [3.63, 3.8) is 0 Å². The molecule has 1 fully saturated rings. The molecule has 2 aliphatic rings. The topological polar surface area (TPSA) is 32.3 Å². The molecular formula is C17H24N2O. The molecule has 0 bridgehead atoms. The highest BCUT2D eigenvalue weighted by Gasteiger charge is 2.32. The minimum absolute atomic E-state index is 0.0761. The highest BCUT2D eigenvalue weighted by atomic mass is 16.1. The molecule has 3 rings (SSSR count). The number of aryl methyl sites for hydroxylation is 2. The SMILES string of the molecule is CN(C)C(CNC(=O)c1ccc2c(c1)CCC2)C1CC1. The fraction of sp³-hybridized carbons (Fsp3) is 0.588. The average Bonchev–Trinajstić information content (AvgIpc) is 3.15. The summed E-state index contributed by atoms with van der Waals surface area (Å²) in [7, 11) is 4.20. The summed E-state index contributed by atoms with van der Waals surface area (Å²) in [4.78, 5) is 14.5. The normalized spacial score (nSPS) is 18.9. The zero-order valence-electron chi connectivity index (χ0n) is 12.5. The molecule has 108 valence electrons. The van der Waals surface area contributed by atoms with Crippen molar-refractivity contribution in [2.75, 3.05) is 20.6 Å². The van der Waals surface area contributed by atoms with Crippen LogP contribution in [0.15, 0.2) is 18.2 Å². The first kappa shape index (κ1) is 13.6. The van der Waals surface area contributed by atoms with Gasteiger partial charge in [-0.25, -0.2) is 0 Å². The second-order valence-corrected chi connectivity index (χ2v) is 6.42. The highest BCUT2D eigenvalue weighted by Crippen LogP contribution is 2.34. The van der Waals surface area contributed by atoms with E-state index in [0.717, 1.165) is 24.4 Å². The number of benzene rings is 1. The van der Waals surface area contributed by atoms with Crippen molar-refractivity contribution in [3.05, 3.63) is 34.9 Å². The quantitative estimate of drug-likeness (QED) is 0.891. The lowest BCUT2D eigenvalue weighted by molar-refractivity contribution is 0.0939. The molecule has 0 radical (unpaired) electrons. The van der Waals surface area contributed by atoms with Crippen LogP contribution in [0.4, 0.5) is 0 Å². The third-order valence-electron chi connectivity index (χ3n) is 4.66. The minimum atomic E-state index is 0.0761. The van der Waals surface area contributed by atoms with Gasteiger partial charge in [0.25, 0.3) is 5.91 Å². The Morgan fingerprint density at radius 2 is 2.05 bits per heavy atom. The predicted octanol–water partition coefficient (Wildman–Crippen LogP) is 2.25. The predicted molar refractivity (Wildman–Crippen MR) is 81.0 cm³/mol. The number of rotatable bonds is 5. The van der Waals surface area contributed by atoms with Gasteiger partial charge in [-0.15, -0.1) is 0 Å². The van der Waals surface area contributed by atoms with Crippen LogP contribution in [0.3, 0.4) is 0 Å². The van der Waals surface area contributed by atoms with E-state index < -0.39 is 0 Å². The van der Waals surface area contributed by atoms with Crippen LogP contribution in [0.5, 0.6) is 0 Å². The average molecular weight is 272 g/mol. The van der Waals surface area contributed by atoms with Crippen molar-refractivity contribution in [1.82, 2.24) is 10.2 Å². The Kier molecular flexibility index (Phi) is 3.79. The van der Waals surface area contributed by atoms with Crippen molar-refractivity contribution < 1.29 is 4.79 Å². The maximum atomic E-state index is 12.3. The standard InChI is InChI=1S/C17H24N2O/c1-19(2)16(13-7-8-13)11-18-17(20)15-9-6-12-4-3-5-14(12)10-15/h6,9-10,13,16H,3-5,7-8,11H2,1-2H3,(H,18,20). The molecule has 1 amide bonds. The Hall–Kier alpha value is -1.35. The van der Waals surface area contributed by atoms with Crippen molar-refractivity contribution in [2.45, 2.75) is 38.1 Å². The number of nitrogens with zero attached hydrogens (tertiary/aromatic N) is 1. The third-order valence-corrected chi connectivity index (χ3v) is 4.66. The molecule has 1 aromatic carbocycles. The molecule has 2 aliphatic carbocycles. The molecule has 0 spiro atoms. The van der Waals surface area contributed by atoms with E-state index in [9.17, 15) is 4.79 Å². The lowest BCUT2D eigenvalue weighted by Gasteiger charge is -2.24. The molecule has 1 aromatic rings. The Bertz CT molecular complexity index is 504. The zero-order valence-corrected chi connectivity index (χ0v) is 12.5. The molecule has 1 unspecified atom stereocenters. The van der Waals surface area contributed by atoms with Crippen LogP contribution in [0.1, 0.15) is 40.7 Å². The largest absolute Gasteiger partial charge is 0.350 e. The fourth-order valence-corrected chi connectivity index (χ4v) is 3.26. The molecule has 1 atom stereocenters. The molecule has 3 heteroatoms. The van der Waals surface area contributed by atoms with Gasteiger partial charge in [0.05, 0.1) is 0 Å². The molecule has 1 N–H and O–H groups in total. The molecule has 0 heterocycles. The molecule has 1 saturated carbocycles. The van der Waals surface area contributed by atoms with Gasteiger partial charge in [0.15, 0.2) is 0 Å². The zero-order chi connectivity index (χ0) is 14.1. The van der Waals surface area contributed by atoms with Crippen LogP contribution in [0.25, 0.3) is 0 Å². The number of carbonyl (C=O) groups is 1. The van der Waals surface area contributed by atoms with Crippen molar-refractivity contribution >= 4 is 5.91 Å². The summed E-state index contributed by atoms with van der Waals surface area (Å²) in [6.07, 6.45) is 6.13. The Morgan fingerprint density at radius 3 is 2.75 bits per heavy atom.